The summed E-state index contributed by atoms with van der Waals surface area (Å²) in [6.45, 7) is 1.99. The van der Waals surface area contributed by atoms with Crippen molar-refractivity contribution in [1.82, 2.24) is 19.2 Å². The first-order chi connectivity index (χ1) is 16.6. The number of fused-ring (bicyclic) bond motifs is 2. The fraction of sp³-hybridized carbons (Fsp3) is 0.364. The molecule has 0 radical (unpaired) electrons. The summed E-state index contributed by atoms with van der Waals surface area (Å²) in [5.74, 6) is 0. The molecule has 186 valence electrons. The Labute approximate surface area is 200 Å². The number of hydrogen-bond acceptors (Lipinski definition) is 7. The molecule has 0 amide bonds. The lowest BCUT2D eigenvalue weighted by Crippen LogP contribution is -2.46. The summed E-state index contributed by atoms with van der Waals surface area (Å²) in [4.78, 5) is 9.49. The van der Waals surface area contributed by atoms with Crippen molar-refractivity contribution in [2.45, 2.75) is 18.5 Å². The number of rotatable bonds is 5. The van der Waals surface area contributed by atoms with Crippen LogP contribution < -0.4 is 5.73 Å². The molecule has 3 N–H and O–H groups in total. The van der Waals surface area contributed by atoms with Gasteiger partial charge < -0.3 is 15.6 Å². The highest BCUT2D eigenvalue weighted by molar-refractivity contribution is 7.87. The van der Waals surface area contributed by atoms with Gasteiger partial charge in [0, 0.05) is 66.9 Å². The second-order valence-corrected chi connectivity index (χ2v) is 10.1. The number of pyridine rings is 1. The molecule has 35 heavy (non-hydrogen) atoms. The zero-order valence-electron chi connectivity index (χ0n) is 18.8. The maximum atomic E-state index is 13.4. The molecule has 2 atom stereocenters. The summed E-state index contributed by atoms with van der Waals surface area (Å²) >= 11 is 0. The standard InChI is InChI=1S/C22H24F2N6O4S/c1-29-4-6-30(7-5-29)35(31,32)28-12-16(10-25)15-8-17-18(13-27-21(17)26-11-15)14-2-3-19-20(9-14)34-22(23,24)33-19/h2-3,8-13,19-20H,4-7,25H2,1H3,(H,26,27). The Morgan fingerprint density at radius 2 is 2.03 bits per heavy atom. The molecule has 13 heteroatoms. The summed E-state index contributed by atoms with van der Waals surface area (Å²) in [5.41, 5.74) is 8.62. The highest BCUT2D eigenvalue weighted by Crippen LogP contribution is 2.38. The average Bonchev–Trinajstić information content (AvgIpc) is 3.37. The van der Waals surface area contributed by atoms with Crippen LogP contribution in [0.3, 0.4) is 0 Å². The lowest BCUT2D eigenvalue weighted by molar-refractivity contribution is -0.347. The molecule has 1 aliphatic carbocycles. The van der Waals surface area contributed by atoms with E-state index in [4.69, 9.17) is 5.73 Å². The summed E-state index contributed by atoms with van der Waals surface area (Å²) in [6.07, 6.45) is 5.09. The number of hydrogen-bond donors (Lipinski definition) is 2. The Hall–Kier alpha value is -2.97. The smallest absolute Gasteiger partial charge is 0.404 e. The molecule has 2 aliphatic heterocycles. The van der Waals surface area contributed by atoms with Gasteiger partial charge in [-0.15, -0.1) is 8.78 Å². The first kappa shape index (κ1) is 23.8. The van der Waals surface area contributed by atoms with Gasteiger partial charge in [0.25, 0.3) is 0 Å². The third-order valence-electron chi connectivity index (χ3n) is 6.15. The Balaban J connectivity index is 1.41. The van der Waals surface area contributed by atoms with E-state index in [2.05, 4.69) is 23.8 Å². The number of allylic oxidation sites excluding steroid dienone is 3. The second kappa shape index (κ2) is 8.91. The highest BCUT2D eigenvalue weighted by Gasteiger charge is 2.48. The molecule has 10 nitrogen and oxygen atoms in total. The first-order valence-corrected chi connectivity index (χ1v) is 12.3. The van der Waals surface area contributed by atoms with Gasteiger partial charge in [0.1, 0.15) is 17.9 Å². The summed E-state index contributed by atoms with van der Waals surface area (Å²) in [5, 5.41) is 0.692. The van der Waals surface area contributed by atoms with Crippen LogP contribution in [0.4, 0.5) is 8.78 Å². The Morgan fingerprint density at radius 1 is 1.29 bits per heavy atom. The Kier molecular flexibility index (Phi) is 6.05. The summed E-state index contributed by atoms with van der Waals surface area (Å²) in [7, 11) is -1.91. The number of nitrogens with zero attached hydrogens (tertiary/aromatic N) is 4. The lowest BCUT2D eigenvalue weighted by atomic mass is 9.96. The second-order valence-electron chi connectivity index (χ2n) is 8.47. The van der Waals surface area contributed by atoms with Crippen molar-refractivity contribution in [3.8, 4) is 0 Å². The number of aromatic amines is 1. The lowest BCUT2D eigenvalue weighted by Gasteiger charge is -2.29. The summed E-state index contributed by atoms with van der Waals surface area (Å²) in [6, 6.07) is 1.78. The van der Waals surface area contributed by atoms with Crippen LogP contribution >= 0.6 is 0 Å². The van der Waals surface area contributed by atoms with Gasteiger partial charge in [-0.05, 0) is 24.8 Å². The van der Waals surface area contributed by atoms with Gasteiger partial charge in [0.05, 0.1) is 6.21 Å². The molecule has 2 fully saturated rings. The van der Waals surface area contributed by atoms with E-state index in [-0.39, 0.29) is 0 Å². The quantitative estimate of drug-likeness (QED) is 0.592. The van der Waals surface area contributed by atoms with E-state index in [1.807, 2.05) is 11.9 Å². The third kappa shape index (κ3) is 4.77. The largest absolute Gasteiger partial charge is 0.486 e. The molecule has 5 rings (SSSR count). The molecule has 0 spiro atoms. The van der Waals surface area contributed by atoms with Crippen molar-refractivity contribution < 1.29 is 26.7 Å². The molecule has 2 aromatic rings. The number of halogens is 2. The molecular formula is C22H24F2N6O4S. The van der Waals surface area contributed by atoms with Crippen LogP contribution in [-0.2, 0) is 19.7 Å². The number of H-pyrrole nitrogens is 1. The molecule has 2 unspecified atom stereocenters. The van der Waals surface area contributed by atoms with E-state index in [1.165, 1.54) is 22.8 Å². The van der Waals surface area contributed by atoms with Crippen molar-refractivity contribution in [2.24, 2.45) is 10.1 Å². The van der Waals surface area contributed by atoms with Crippen LogP contribution in [0.5, 0.6) is 0 Å². The normalized spacial score (nSPS) is 25.9. The zero-order chi connectivity index (χ0) is 24.8. The van der Waals surface area contributed by atoms with Gasteiger partial charge in [-0.2, -0.15) is 17.1 Å². The number of alkyl halides is 2. The van der Waals surface area contributed by atoms with Crippen LogP contribution in [0.15, 0.2) is 47.3 Å². The first-order valence-electron chi connectivity index (χ1n) is 10.9. The minimum Gasteiger partial charge on any atom is -0.404 e. The van der Waals surface area contributed by atoms with Crippen molar-refractivity contribution in [3.05, 3.63) is 54.0 Å². The maximum absolute atomic E-state index is 13.4. The van der Waals surface area contributed by atoms with Crippen molar-refractivity contribution in [1.29, 1.82) is 0 Å². The van der Waals surface area contributed by atoms with Gasteiger partial charge >= 0.3 is 16.5 Å². The van der Waals surface area contributed by atoms with Gasteiger partial charge in [0.2, 0.25) is 0 Å². The van der Waals surface area contributed by atoms with Crippen molar-refractivity contribution in [2.75, 3.05) is 33.2 Å². The SMILES string of the molecule is CN1CCN(S(=O)(=O)N=CC(=CN)c2cnc3[nH]cc(C4=CC5OC(F)(F)OC5C=C4)c3c2)CC1. The van der Waals surface area contributed by atoms with E-state index in [0.29, 0.717) is 59.5 Å². The van der Waals surface area contributed by atoms with Gasteiger partial charge in [-0.25, -0.2) is 4.98 Å². The number of nitrogens with one attached hydrogen (secondary N) is 1. The molecule has 0 saturated carbocycles. The molecule has 0 aromatic carbocycles. The van der Waals surface area contributed by atoms with Gasteiger partial charge in [-0.3, -0.25) is 9.47 Å². The van der Waals surface area contributed by atoms with Gasteiger partial charge in [-0.1, -0.05) is 12.2 Å². The molecule has 4 heterocycles. The minimum atomic E-state index is -3.85. The number of nitrogens with two attached hydrogens (primary N) is 1. The van der Waals surface area contributed by atoms with E-state index in [9.17, 15) is 17.2 Å². The van der Waals surface area contributed by atoms with Crippen molar-refractivity contribution >= 4 is 38.6 Å². The van der Waals surface area contributed by atoms with E-state index >= 15 is 0 Å². The van der Waals surface area contributed by atoms with E-state index < -0.39 is 28.7 Å². The number of piperazine rings is 1. The molecule has 2 aromatic heterocycles. The Morgan fingerprint density at radius 3 is 2.77 bits per heavy atom. The fourth-order valence-electron chi connectivity index (χ4n) is 4.19. The van der Waals surface area contributed by atoms with E-state index in [0.717, 1.165) is 0 Å². The minimum absolute atomic E-state index is 0.364. The maximum Gasteiger partial charge on any atom is 0.486 e. The number of likely N-dealkylation sites (N-methyl/N-ethyl adjacent to an activating group) is 1. The number of ether oxygens (including phenoxy) is 2. The zero-order valence-corrected chi connectivity index (χ0v) is 19.6. The van der Waals surface area contributed by atoms with Crippen molar-refractivity contribution in [3.63, 3.8) is 0 Å². The molecular weight excluding hydrogens is 482 g/mol. The van der Waals surface area contributed by atoms with Crippen LogP contribution in [0, 0.1) is 0 Å². The average molecular weight is 507 g/mol. The monoisotopic (exact) mass is 506 g/mol. The summed E-state index contributed by atoms with van der Waals surface area (Å²) < 4.78 is 66.6. The van der Waals surface area contributed by atoms with Crippen LogP contribution in [0.1, 0.15) is 11.1 Å². The molecule has 2 saturated heterocycles. The van der Waals surface area contributed by atoms with Crippen LogP contribution in [0.25, 0.3) is 22.2 Å². The fourth-order valence-corrected chi connectivity index (χ4v) is 5.19. The molecule has 0 bridgehead atoms. The highest BCUT2D eigenvalue weighted by atomic mass is 32.2. The number of aromatic nitrogens is 2. The molecule has 3 aliphatic rings. The Bertz CT molecular complexity index is 1360. The topological polar surface area (TPSA) is 126 Å². The van der Waals surface area contributed by atoms with Crippen LogP contribution in [-0.4, -0.2) is 85.5 Å². The van der Waals surface area contributed by atoms with Crippen LogP contribution in [0.2, 0.25) is 0 Å². The predicted molar refractivity (Wildman–Crippen MR) is 127 cm³/mol. The van der Waals surface area contributed by atoms with E-state index in [1.54, 1.807) is 30.6 Å². The third-order valence-corrected chi connectivity index (χ3v) is 7.54. The van der Waals surface area contributed by atoms with Gasteiger partial charge in [0.15, 0.2) is 0 Å². The predicted octanol–water partition coefficient (Wildman–Crippen LogP) is 1.71.